The van der Waals surface area contributed by atoms with E-state index in [2.05, 4.69) is 20.3 Å². The lowest BCUT2D eigenvalue weighted by Gasteiger charge is -2.06. The van der Waals surface area contributed by atoms with Crippen LogP contribution in [0.5, 0.6) is 5.75 Å². The molecule has 136 valence electrons. The Kier molecular flexibility index (Phi) is 4.92. The minimum atomic E-state index is -0.577. The Bertz CT molecular complexity index is 1060. The van der Waals surface area contributed by atoms with E-state index in [1.54, 1.807) is 14.0 Å². The number of ether oxygens (including phenoxy) is 1. The van der Waals surface area contributed by atoms with Gasteiger partial charge in [0.05, 0.1) is 13.5 Å². The summed E-state index contributed by atoms with van der Waals surface area (Å²) < 4.78 is 5.25. The first-order valence-electron chi connectivity index (χ1n) is 8.20. The second-order valence-corrected chi connectivity index (χ2v) is 6.01. The van der Waals surface area contributed by atoms with Crippen LogP contribution >= 0.6 is 0 Å². The van der Waals surface area contributed by atoms with Crippen LogP contribution in [0.15, 0.2) is 34.0 Å². The number of hydrogen-bond donors (Lipinski definition) is 4. The Balaban J connectivity index is 1.63. The molecular weight excluding hydrogens is 336 g/mol. The molecule has 2 aromatic heterocycles. The molecule has 8 heteroatoms. The van der Waals surface area contributed by atoms with Gasteiger partial charge in [0.1, 0.15) is 5.75 Å². The number of methoxy groups -OCH3 is 1. The zero-order valence-corrected chi connectivity index (χ0v) is 14.6. The number of aromatic nitrogens is 3. The van der Waals surface area contributed by atoms with Gasteiger partial charge in [0, 0.05) is 34.9 Å². The third-order valence-corrected chi connectivity index (χ3v) is 4.28. The van der Waals surface area contributed by atoms with Crippen LogP contribution in [0.3, 0.4) is 0 Å². The third-order valence-electron chi connectivity index (χ3n) is 4.28. The molecule has 0 fully saturated rings. The number of hydrogen-bond acceptors (Lipinski definition) is 4. The molecule has 0 saturated carbocycles. The van der Waals surface area contributed by atoms with E-state index in [9.17, 15) is 14.4 Å². The third kappa shape index (κ3) is 3.69. The minimum absolute atomic E-state index is 0.0837. The van der Waals surface area contributed by atoms with Crippen molar-refractivity contribution in [2.45, 2.75) is 19.8 Å². The Morgan fingerprint density at radius 2 is 2.04 bits per heavy atom. The molecule has 3 aromatic rings. The SMILES string of the molecule is COc1ccc2[nH]cc(CCNC(=O)Cc3c(C)[nH]c(=O)[nH]c3=O)c2c1. The fourth-order valence-electron chi connectivity index (χ4n) is 2.89. The van der Waals surface area contributed by atoms with E-state index in [1.807, 2.05) is 24.4 Å². The van der Waals surface area contributed by atoms with Gasteiger partial charge in [0.25, 0.3) is 5.56 Å². The van der Waals surface area contributed by atoms with E-state index in [0.29, 0.717) is 18.7 Å². The minimum Gasteiger partial charge on any atom is -0.497 e. The molecule has 0 unspecified atom stereocenters. The van der Waals surface area contributed by atoms with Crippen molar-refractivity contribution in [2.75, 3.05) is 13.7 Å². The van der Waals surface area contributed by atoms with Crippen LogP contribution in [0.2, 0.25) is 0 Å². The normalized spacial score (nSPS) is 10.8. The van der Waals surface area contributed by atoms with E-state index >= 15 is 0 Å². The molecule has 0 radical (unpaired) electrons. The van der Waals surface area contributed by atoms with Crippen LogP contribution in [-0.4, -0.2) is 34.5 Å². The standard InChI is InChI=1S/C18H20N4O4/c1-10-13(17(24)22-18(25)21-10)8-16(23)19-6-5-11-9-20-15-4-3-12(26-2)7-14(11)15/h3-4,7,9,20H,5-6,8H2,1-2H3,(H,19,23)(H2,21,22,24,25). The summed E-state index contributed by atoms with van der Waals surface area (Å²) in [5, 5.41) is 3.85. The molecule has 0 aliphatic heterocycles. The molecule has 1 aromatic carbocycles. The Morgan fingerprint density at radius 3 is 2.77 bits per heavy atom. The molecule has 0 aliphatic carbocycles. The molecule has 0 atom stereocenters. The maximum atomic E-state index is 12.1. The molecule has 0 bridgehead atoms. The van der Waals surface area contributed by atoms with Gasteiger partial charge in [0.2, 0.25) is 5.91 Å². The molecule has 4 N–H and O–H groups in total. The van der Waals surface area contributed by atoms with Gasteiger partial charge in [-0.2, -0.15) is 0 Å². The number of benzene rings is 1. The summed E-state index contributed by atoms with van der Waals surface area (Å²) >= 11 is 0. The lowest BCUT2D eigenvalue weighted by molar-refractivity contribution is -0.120. The fourth-order valence-corrected chi connectivity index (χ4v) is 2.89. The van der Waals surface area contributed by atoms with E-state index in [1.165, 1.54) is 0 Å². The van der Waals surface area contributed by atoms with Crippen molar-refractivity contribution in [3.8, 4) is 5.75 Å². The molecule has 1 amide bonds. The van der Waals surface area contributed by atoms with Crippen molar-refractivity contribution in [3.05, 3.63) is 62.1 Å². The maximum Gasteiger partial charge on any atom is 0.325 e. The molecule has 0 saturated heterocycles. The lowest BCUT2D eigenvalue weighted by Crippen LogP contribution is -2.33. The molecular formula is C18H20N4O4. The van der Waals surface area contributed by atoms with Gasteiger partial charge in [-0.1, -0.05) is 0 Å². The zero-order chi connectivity index (χ0) is 18.7. The highest BCUT2D eigenvalue weighted by atomic mass is 16.5. The second kappa shape index (κ2) is 7.30. The fraction of sp³-hybridized carbons (Fsp3) is 0.278. The molecule has 0 aliphatic rings. The van der Waals surface area contributed by atoms with Gasteiger partial charge in [0.15, 0.2) is 0 Å². The van der Waals surface area contributed by atoms with Crippen molar-refractivity contribution >= 4 is 16.8 Å². The molecule has 0 spiro atoms. The number of H-pyrrole nitrogens is 3. The number of amides is 1. The number of rotatable bonds is 6. The van der Waals surface area contributed by atoms with Crippen LogP contribution < -0.4 is 21.3 Å². The van der Waals surface area contributed by atoms with Gasteiger partial charge in [-0.3, -0.25) is 14.6 Å². The summed E-state index contributed by atoms with van der Waals surface area (Å²) in [4.78, 5) is 42.9. The van der Waals surface area contributed by atoms with E-state index in [-0.39, 0.29) is 17.9 Å². The van der Waals surface area contributed by atoms with Crippen molar-refractivity contribution in [2.24, 2.45) is 0 Å². The predicted molar refractivity (Wildman–Crippen MR) is 97.7 cm³/mol. The highest BCUT2D eigenvalue weighted by Gasteiger charge is 2.11. The summed E-state index contributed by atoms with van der Waals surface area (Å²) in [7, 11) is 1.62. The molecule has 3 rings (SSSR count). The summed E-state index contributed by atoms with van der Waals surface area (Å²) in [5.41, 5.74) is 1.62. The van der Waals surface area contributed by atoms with Gasteiger partial charge in [-0.15, -0.1) is 0 Å². The van der Waals surface area contributed by atoms with Crippen LogP contribution in [0, 0.1) is 6.92 Å². The van der Waals surface area contributed by atoms with E-state index < -0.39 is 11.2 Å². The number of aromatic amines is 3. The number of nitrogens with one attached hydrogen (secondary N) is 4. The van der Waals surface area contributed by atoms with Crippen LogP contribution in [0.4, 0.5) is 0 Å². The maximum absolute atomic E-state index is 12.1. The largest absolute Gasteiger partial charge is 0.497 e. The van der Waals surface area contributed by atoms with Gasteiger partial charge in [-0.05, 0) is 37.1 Å². The Morgan fingerprint density at radius 1 is 1.23 bits per heavy atom. The Hall–Kier alpha value is -3.29. The van der Waals surface area contributed by atoms with Crippen molar-refractivity contribution in [3.63, 3.8) is 0 Å². The summed E-state index contributed by atoms with van der Waals surface area (Å²) in [6.07, 6.45) is 2.46. The summed E-state index contributed by atoms with van der Waals surface area (Å²) in [5.74, 6) is 0.498. The van der Waals surface area contributed by atoms with E-state index in [4.69, 9.17) is 4.74 Å². The second-order valence-electron chi connectivity index (χ2n) is 6.01. The molecule has 26 heavy (non-hydrogen) atoms. The summed E-state index contributed by atoms with van der Waals surface area (Å²) in [6, 6.07) is 5.78. The van der Waals surface area contributed by atoms with E-state index in [0.717, 1.165) is 22.2 Å². The van der Waals surface area contributed by atoms with Crippen molar-refractivity contribution < 1.29 is 9.53 Å². The first kappa shape index (κ1) is 17.5. The topological polar surface area (TPSA) is 120 Å². The molecule has 8 nitrogen and oxygen atoms in total. The number of carbonyl (C=O) groups is 1. The zero-order valence-electron chi connectivity index (χ0n) is 14.6. The van der Waals surface area contributed by atoms with Gasteiger partial charge < -0.3 is 20.0 Å². The quantitative estimate of drug-likeness (QED) is 0.521. The average molecular weight is 356 g/mol. The number of fused-ring (bicyclic) bond motifs is 1. The predicted octanol–water partition coefficient (Wildman–Crippen LogP) is 0.763. The first-order chi connectivity index (χ1) is 12.5. The smallest absolute Gasteiger partial charge is 0.325 e. The highest BCUT2D eigenvalue weighted by molar-refractivity contribution is 5.84. The van der Waals surface area contributed by atoms with Gasteiger partial charge >= 0.3 is 5.69 Å². The average Bonchev–Trinajstić information content (AvgIpc) is 3.00. The van der Waals surface area contributed by atoms with Crippen LogP contribution in [0.25, 0.3) is 10.9 Å². The number of aryl methyl sites for hydroxylation is 1. The monoisotopic (exact) mass is 356 g/mol. The number of carbonyl (C=O) groups excluding carboxylic acids is 1. The Labute approximate surface area is 148 Å². The first-order valence-corrected chi connectivity index (χ1v) is 8.20. The van der Waals surface area contributed by atoms with Gasteiger partial charge in [-0.25, -0.2) is 4.79 Å². The summed E-state index contributed by atoms with van der Waals surface area (Å²) in [6.45, 7) is 2.03. The van der Waals surface area contributed by atoms with Crippen molar-refractivity contribution in [1.29, 1.82) is 0 Å². The van der Waals surface area contributed by atoms with Crippen LogP contribution in [0.1, 0.15) is 16.8 Å². The van der Waals surface area contributed by atoms with Crippen molar-refractivity contribution in [1.82, 2.24) is 20.3 Å². The molecule has 2 heterocycles. The lowest BCUT2D eigenvalue weighted by atomic mass is 10.1. The van der Waals surface area contributed by atoms with Crippen LogP contribution in [-0.2, 0) is 17.6 Å². The highest BCUT2D eigenvalue weighted by Crippen LogP contribution is 2.23.